The average molecular weight is 207 g/mol. The van der Waals surface area contributed by atoms with Gasteiger partial charge in [0.1, 0.15) is 0 Å². The van der Waals surface area contributed by atoms with E-state index in [1.165, 1.54) is 6.33 Å². The lowest BCUT2D eigenvalue weighted by Crippen LogP contribution is -2.22. The number of aliphatic hydroxyl groups is 1. The van der Waals surface area contributed by atoms with Crippen LogP contribution in [-0.4, -0.2) is 32.3 Å². The molecule has 5 nitrogen and oxygen atoms in total. The van der Waals surface area contributed by atoms with Crippen LogP contribution in [0.4, 0.5) is 0 Å². The van der Waals surface area contributed by atoms with Gasteiger partial charge in [0.05, 0.1) is 12.0 Å². The van der Waals surface area contributed by atoms with Gasteiger partial charge in [-0.15, -0.1) is 12.4 Å². The molecular formula is C7H11ClN2O3. The quantitative estimate of drug-likeness (QED) is 0.656. The Morgan fingerprint density at radius 1 is 1.77 bits per heavy atom. The summed E-state index contributed by atoms with van der Waals surface area (Å²) in [5.41, 5.74) is 1.38. The number of aliphatic hydroxyl groups excluding tert-OH is 1. The number of aromatic nitrogens is 2. The van der Waals surface area contributed by atoms with Crippen LogP contribution in [0.3, 0.4) is 0 Å². The maximum Gasteiger partial charge on any atom is 0.332 e. The van der Waals surface area contributed by atoms with Crippen LogP contribution in [0.5, 0.6) is 0 Å². The van der Waals surface area contributed by atoms with E-state index in [0.717, 1.165) is 5.69 Å². The summed E-state index contributed by atoms with van der Waals surface area (Å²) in [5.74, 6) is -1.22. The average Bonchev–Trinajstić information content (AvgIpc) is 2.36. The second-order valence-electron chi connectivity index (χ2n) is 2.53. The Morgan fingerprint density at radius 2 is 2.38 bits per heavy atom. The summed E-state index contributed by atoms with van der Waals surface area (Å²) in [6, 6.07) is 0. The number of aromatic amines is 1. The SMILES string of the molecule is Cc1[nH]cnc1CC(O)C(=O)O.Cl. The first-order valence-electron chi connectivity index (χ1n) is 3.51. The number of carboxylic acid groups (broad SMARTS) is 1. The number of halogens is 1. The van der Waals surface area contributed by atoms with E-state index in [4.69, 9.17) is 10.2 Å². The molecule has 1 aromatic heterocycles. The predicted octanol–water partition coefficient (Wildman–Crippen LogP) is 0.128. The molecule has 6 heteroatoms. The Kier molecular flexibility index (Phi) is 4.44. The van der Waals surface area contributed by atoms with Crippen molar-refractivity contribution < 1.29 is 15.0 Å². The molecular weight excluding hydrogens is 196 g/mol. The van der Waals surface area contributed by atoms with Crippen molar-refractivity contribution in [1.29, 1.82) is 0 Å². The van der Waals surface area contributed by atoms with Gasteiger partial charge in [0.15, 0.2) is 6.10 Å². The zero-order valence-corrected chi connectivity index (χ0v) is 7.84. The number of nitrogens with one attached hydrogen (secondary N) is 1. The van der Waals surface area contributed by atoms with Gasteiger partial charge >= 0.3 is 5.97 Å². The van der Waals surface area contributed by atoms with E-state index in [-0.39, 0.29) is 18.8 Å². The first kappa shape index (κ1) is 11.9. The summed E-state index contributed by atoms with van der Waals surface area (Å²) in [7, 11) is 0. The van der Waals surface area contributed by atoms with Gasteiger partial charge in [0.25, 0.3) is 0 Å². The standard InChI is InChI=1S/C7H10N2O3.ClH/c1-4-5(9-3-8-4)2-6(10)7(11)12;/h3,6,10H,2H2,1H3,(H,8,9)(H,11,12);1H. The lowest BCUT2D eigenvalue weighted by atomic mass is 10.2. The molecule has 1 atom stereocenters. The summed E-state index contributed by atoms with van der Waals surface area (Å²) in [6.45, 7) is 1.77. The Bertz CT molecular complexity index is 287. The fourth-order valence-electron chi connectivity index (χ4n) is 0.863. The minimum atomic E-state index is -1.37. The van der Waals surface area contributed by atoms with Gasteiger partial charge in [-0.2, -0.15) is 0 Å². The minimum absolute atomic E-state index is 0. The molecule has 0 saturated carbocycles. The van der Waals surface area contributed by atoms with Gasteiger partial charge in [0.2, 0.25) is 0 Å². The molecule has 0 aromatic carbocycles. The first-order chi connectivity index (χ1) is 5.61. The minimum Gasteiger partial charge on any atom is -0.479 e. The highest BCUT2D eigenvalue weighted by atomic mass is 35.5. The molecule has 0 bridgehead atoms. The molecule has 1 aromatic rings. The van der Waals surface area contributed by atoms with Crippen LogP contribution in [0, 0.1) is 6.92 Å². The second-order valence-corrected chi connectivity index (χ2v) is 2.53. The van der Waals surface area contributed by atoms with Crippen molar-refractivity contribution in [2.75, 3.05) is 0 Å². The van der Waals surface area contributed by atoms with Crippen molar-refractivity contribution in [3.8, 4) is 0 Å². The summed E-state index contributed by atoms with van der Waals surface area (Å²) in [5, 5.41) is 17.4. The van der Waals surface area contributed by atoms with Crippen LogP contribution in [-0.2, 0) is 11.2 Å². The monoisotopic (exact) mass is 206 g/mol. The van der Waals surface area contributed by atoms with Gasteiger partial charge in [0, 0.05) is 12.1 Å². The van der Waals surface area contributed by atoms with Crippen LogP contribution >= 0.6 is 12.4 Å². The molecule has 0 radical (unpaired) electrons. The highest BCUT2D eigenvalue weighted by Gasteiger charge is 2.15. The zero-order chi connectivity index (χ0) is 9.14. The Hall–Kier alpha value is -1.07. The largest absolute Gasteiger partial charge is 0.479 e. The molecule has 0 saturated heterocycles. The number of hydrogen-bond acceptors (Lipinski definition) is 3. The first-order valence-corrected chi connectivity index (χ1v) is 3.51. The van der Waals surface area contributed by atoms with E-state index in [1.807, 2.05) is 0 Å². The molecule has 3 N–H and O–H groups in total. The topological polar surface area (TPSA) is 86.2 Å². The molecule has 74 valence electrons. The van der Waals surface area contributed by atoms with Crippen LogP contribution < -0.4 is 0 Å². The van der Waals surface area contributed by atoms with Crippen molar-refractivity contribution >= 4 is 18.4 Å². The molecule has 1 rings (SSSR count). The van der Waals surface area contributed by atoms with E-state index in [9.17, 15) is 4.79 Å². The third-order valence-corrected chi connectivity index (χ3v) is 1.61. The number of rotatable bonds is 3. The summed E-state index contributed by atoms with van der Waals surface area (Å²) < 4.78 is 0. The molecule has 0 aliphatic heterocycles. The van der Waals surface area contributed by atoms with E-state index in [2.05, 4.69) is 9.97 Å². The second kappa shape index (κ2) is 4.84. The number of aliphatic carboxylic acids is 1. The van der Waals surface area contributed by atoms with Gasteiger partial charge < -0.3 is 15.2 Å². The highest BCUT2D eigenvalue weighted by molar-refractivity contribution is 5.85. The number of carboxylic acids is 1. The molecule has 0 spiro atoms. The van der Waals surface area contributed by atoms with Crippen LogP contribution in [0.15, 0.2) is 6.33 Å². The van der Waals surface area contributed by atoms with Crippen molar-refractivity contribution in [3.63, 3.8) is 0 Å². The van der Waals surface area contributed by atoms with Gasteiger partial charge in [-0.1, -0.05) is 0 Å². The molecule has 0 fully saturated rings. The van der Waals surface area contributed by atoms with E-state index in [1.54, 1.807) is 6.92 Å². The lowest BCUT2D eigenvalue weighted by molar-refractivity contribution is -0.146. The third-order valence-electron chi connectivity index (χ3n) is 1.61. The molecule has 1 unspecified atom stereocenters. The fraction of sp³-hybridized carbons (Fsp3) is 0.429. The molecule has 1 heterocycles. The van der Waals surface area contributed by atoms with E-state index in [0.29, 0.717) is 5.69 Å². The number of hydrogen-bond donors (Lipinski definition) is 3. The Balaban J connectivity index is 0.00000144. The van der Waals surface area contributed by atoms with Crippen LogP contribution in [0.25, 0.3) is 0 Å². The van der Waals surface area contributed by atoms with E-state index < -0.39 is 12.1 Å². The van der Waals surface area contributed by atoms with Crippen molar-refractivity contribution in [1.82, 2.24) is 9.97 Å². The van der Waals surface area contributed by atoms with Crippen molar-refractivity contribution in [2.24, 2.45) is 0 Å². The number of H-pyrrole nitrogens is 1. The van der Waals surface area contributed by atoms with Gasteiger partial charge in [-0.3, -0.25) is 0 Å². The number of nitrogens with zero attached hydrogens (tertiary/aromatic N) is 1. The van der Waals surface area contributed by atoms with Crippen molar-refractivity contribution in [3.05, 3.63) is 17.7 Å². The molecule has 0 aliphatic carbocycles. The molecule has 13 heavy (non-hydrogen) atoms. The van der Waals surface area contributed by atoms with Crippen molar-refractivity contribution in [2.45, 2.75) is 19.4 Å². The maximum atomic E-state index is 10.2. The van der Waals surface area contributed by atoms with E-state index >= 15 is 0 Å². The highest BCUT2D eigenvalue weighted by Crippen LogP contribution is 2.04. The molecule has 0 amide bonds. The van der Waals surface area contributed by atoms with Gasteiger partial charge in [-0.05, 0) is 6.92 Å². The zero-order valence-electron chi connectivity index (χ0n) is 7.02. The Labute approximate surface area is 81.2 Å². The number of imidazole rings is 1. The smallest absolute Gasteiger partial charge is 0.332 e. The summed E-state index contributed by atoms with van der Waals surface area (Å²) >= 11 is 0. The van der Waals surface area contributed by atoms with Crippen LogP contribution in [0.1, 0.15) is 11.4 Å². The normalized spacial score (nSPS) is 11.8. The fourth-order valence-corrected chi connectivity index (χ4v) is 0.863. The van der Waals surface area contributed by atoms with Crippen LogP contribution in [0.2, 0.25) is 0 Å². The summed E-state index contributed by atoms with van der Waals surface area (Å²) in [4.78, 5) is 16.9. The maximum absolute atomic E-state index is 10.2. The predicted molar refractivity (Wildman–Crippen MR) is 47.9 cm³/mol. The number of aryl methyl sites for hydroxylation is 1. The third kappa shape index (κ3) is 3.04. The molecule has 0 aliphatic rings. The lowest BCUT2D eigenvalue weighted by Gasteiger charge is -2.02. The summed E-state index contributed by atoms with van der Waals surface area (Å²) in [6.07, 6.45) is 0.149. The number of carbonyl (C=O) groups is 1. The van der Waals surface area contributed by atoms with Gasteiger partial charge in [-0.25, -0.2) is 9.78 Å². The Morgan fingerprint density at radius 3 is 2.77 bits per heavy atom.